The van der Waals surface area contributed by atoms with Gasteiger partial charge in [-0.25, -0.2) is 4.98 Å². The van der Waals surface area contributed by atoms with E-state index in [9.17, 15) is 14.7 Å². The van der Waals surface area contributed by atoms with E-state index in [1.165, 1.54) is 25.0 Å². The lowest BCUT2D eigenvalue weighted by molar-refractivity contribution is -0.0296. The van der Waals surface area contributed by atoms with Gasteiger partial charge in [-0.2, -0.15) is 5.10 Å². The zero-order chi connectivity index (χ0) is 25.3. The number of benzene rings is 2. The van der Waals surface area contributed by atoms with Gasteiger partial charge in [0.15, 0.2) is 5.65 Å². The molecule has 1 amide bonds. The molecule has 10 heteroatoms. The van der Waals surface area contributed by atoms with Crippen molar-refractivity contribution in [2.75, 3.05) is 27.3 Å². The molecule has 0 bridgehead atoms. The Balaban J connectivity index is 1.39. The Bertz CT molecular complexity index is 1430. The summed E-state index contributed by atoms with van der Waals surface area (Å²) in [6.07, 6.45) is 2.07. The number of nitrogens with one attached hydrogen (secondary N) is 1. The average Bonchev–Trinajstić information content (AvgIpc) is 3.39. The first-order valence-corrected chi connectivity index (χ1v) is 11.6. The van der Waals surface area contributed by atoms with Gasteiger partial charge in [-0.15, -0.1) is 0 Å². The normalized spacial score (nSPS) is 15.1. The standard InChI is InChI=1S/C26H27N5O5/c1-35-19-12-18(13-20(14-19)36-2)24(32)30-10-8-26(34,9-11-30)16-31-23(17-6-4-3-5-7-17)28-22-21(25(31)33)15-27-29-22/h3-7,12-15,34H,8-11,16H2,1-2H3,(H,27,29). The highest BCUT2D eigenvalue weighted by atomic mass is 16.5. The smallest absolute Gasteiger partial charge is 0.265 e. The lowest BCUT2D eigenvalue weighted by Crippen LogP contribution is -2.50. The molecule has 10 nitrogen and oxygen atoms in total. The molecular weight excluding hydrogens is 462 g/mol. The van der Waals surface area contributed by atoms with Gasteiger partial charge in [0.05, 0.1) is 32.6 Å². The Morgan fingerprint density at radius 3 is 2.39 bits per heavy atom. The van der Waals surface area contributed by atoms with Gasteiger partial charge in [-0.05, 0) is 25.0 Å². The third-order valence-electron chi connectivity index (χ3n) is 6.63. The van der Waals surface area contributed by atoms with Crippen LogP contribution in [0.3, 0.4) is 0 Å². The van der Waals surface area contributed by atoms with Crippen LogP contribution in [-0.2, 0) is 6.54 Å². The second-order valence-electron chi connectivity index (χ2n) is 8.94. The molecule has 0 spiro atoms. The molecule has 0 saturated carbocycles. The summed E-state index contributed by atoms with van der Waals surface area (Å²) in [5.74, 6) is 1.34. The van der Waals surface area contributed by atoms with Crippen molar-refractivity contribution < 1.29 is 19.4 Å². The molecule has 0 radical (unpaired) electrons. The van der Waals surface area contributed by atoms with Gasteiger partial charge in [-0.3, -0.25) is 19.3 Å². The predicted molar refractivity (Wildman–Crippen MR) is 133 cm³/mol. The molecule has 1 fully saturated rings. The number of aliphatic hydroxyl groups is 1. The van der Waals surface area contributed by atoms with Crippen LogP contribution in [0.15, 0.2) is 59.5 Å². The topological polar surface area (TPSA) is 123 Å². The molecule has 0 aliphatic carbocycles. The molecule has 2 aromatic heterocycles. The van der Waals surface area contributed by atoms with Crippen LogP contribution < -0.4 is 15.0 Å². The van der Waals surface area contributed by atoms with Crippen LogP contribution in [0.25, 0.3) is 22.4 Å². The SMILES string of the molecule is COc1cc(OC)cc(C(=O)N2CCC(O)(Cn3c(-c4ccccc4)nc4[nH]ncc4c3=O)CC2)c1. The van der Waals surface area contributed by atoms with Crippen molar-refractivity contribution in [3.63, 3.8) is 0 Å². The summed E-state index contributed by atoms with van der Waals surface area (Å²) < 4.78 is 12.1. The minimum Gasteiger partial charge on any atom is -0.497 e. The van der Waals surface area contributed by atoms with Crippen molar-refractivity contribution in [3.05, 3.63) is 70.6 Å². The van der Waals surface area contributed by atoms with E-state index in [1.807, 2.05) is 30.3 Å². The Kier molecular flexibility index (Phi) is 6.19. The number of carbonyl (C=O) groups excluding carboxylic acids is 1. The molecule has 4 aromatic rings. The molecule has 1 saturated heterocycles. The molecule has 0 unspecified atom stereocenters. The van der Waals surface area contributed by atoms with Crippen LogP contribution in [-0.4, -0.2) is 68.6 Å². The van der Waals surface area contributed by atoms with Gasteiger partial charge in [0.25, 0.3) is 11.5 Å². The number of ether oxygens (including phenoxy) is 2. The largest absolute Gasteiger partial charge is 0.497 e. The average molecular weight is 490 g/mol. The minimum absolute atomic E-state index is 0.0548. The summed E-state index contributed by atoms with van der Waals surface area (Å²) in [5, 5.41) is 18.6. The van der Waals surface area contributed by atoms with E-state index in [-0.39, 0.29) is 18.0 Å². The number of carbonyl (C=O) groups is 1. The Labute approximate surface area is 207 Å². The van der Waals surface area contributed by atoms with E-state index in [0.717, 1.165) is 5.56 Å². The zero-order valence-electron chi connectivity index (χ0n) is 20.1. The number of likely N-dealkylation sites (tertiary alicyclic amines) is 1. The monoisotopic (exact) mass is 489 g/mol. The highest BCUT2D eigenvalue weighted by Gasteiger charge is 2.36. The van der Waals surface area contributed by atoms with Crippen molar-refractivity contribution in [2.45, 2.75) is 25.0 Å². The molecule has 2 N–H and O–H groups in total. The van der Waals surface area contributed by atoms with Crippen LogP contribution in [0, 0.1) is 0 Å². The molecule has 36 heavy (non-hydrogen) atoms. The number of piperidine rings is 1. The number of rotatable bonds is 6. The highest BCUT2D eigenvalue weighted by Crippen LogP contribution is 2.29. The second kappa shape index (κ2) is 9.46. The lowest BCUT2D eigenvalue weighted by atomic mass is 9.90. The first-order chi connectivity index (χ1) is 17.4. The van der Waals surface area contributed by atoms with Crippen molar-refractivity contribution in [2.24, 2.45) is 0 Å². The molecule has 2 aromatic carbocycles. The Hall–Kier alpha value is -4.18. The van der Waals surface area contributed by atoms with Crippen LogP contribution in [0.4, 0.5) is 0 Å². The number of aromatic nitrogens is 4. The van der Waals surface area contributed by atoms with Crippen LogP contribution in [0.2, 0.25) is 0 Å². The number of aromatic amines is 1. The van der Waals surface area contributed by atoms with E-state index in [1.54, 1.807) is 23.1 Å². The molecule has 1 aliphatic heterocycles. The second-order valence-corrected chi connectivity index (χ2v) is 8.94. The fraction of sp³-hybridized carbons (Fsp3) is 0.308. The summed E-state index contributed by atoms with van der Waals surface area (Å²) in [6, 6.07) is 14.4. The third kappa shape index (κ3) is 4.42. The number of hydrogen-bond acceptors (Lipinski definition) is 7. The van der Waals surface area contributed by atoms with E-state index in [0.29, 0.717) is 59.9 Å². The number of methoxy groups -OCH3 is 2. The fourth-order valence-electron chi connectivity index (χ4n) is 4.58. The van der Waals surface area contributed by atoms with E-state index >= 15 is 0 Å². The summed E-state index contributed by atoms with van der Waals surface area (Å²) in [6.45, 7) is 0.733. The lowest BCUT2D eigenvalue weighted by Gasteiger charge is -2.38. The van der Waals surface area contributed by atoms with Crippen LogP contribution in [0.5, 0.6) is 11.5 Å². The molecular formula is C26H27N5O5. The van der Waals surface area contributed by atoms with Crippen molar-refractivity contribution >= 4 is 16.9 Å². The van der Waals surface area contributed by atoms with Crippen molar-refractivity contribution in [1.82, 2.24) is 24.6 Å². The fourth-order valence-corrected chi connectivity index (χ4v) is 4.58. The Morgan fingerprint density at radius 1 is 1.08 bits per heavy atom. The maximum absolute atomic E-state index is 13.3. The highest BCUT2D eigenvalue weighted by molar-refractivity contribution is 5.95. The van der Waals surface area contributed by atoms with E-state index in [2.05, 4.69) is 15.2 Å². The minimum atomic E-state index is -1.19. The maximum atomic E-state index is 13.3. The molecule has 3 heterocycles. The summed E-state index contributed by atoms with van der Waals surface area (Å²) in [5.41, 5.74) is 0.150. The van der Waals surface area contributed by atoms with Gasteiger partial charge in [-0.1, -0.05) is 30.3 Å². The van der Waals surface area contributed by atoms with Gasteiger partial charge in [0, 0.05) is 30.3 Å². The molecule has 1 aliphatic rings. The molecule has 0 atom stereocenters. The number of nitrogens with zero attached hydrogens (tertiary/aromatic N) is 4. The van der Waals surface area contributed by atoms with Gasteiger partial charge < -0.3 is 19.5 Å². The number of fused-ring (bicyclic) bond motifs is 1. The Morgan fingerprint density at radius 2 is 1.75 bits per heavy atom. The molecule has 186 valence electrons. The first kappa shape index (κ1) is 23.6. The van der Waals surface area contributed by atoms with Crippen LogP contribution in [0.1, 0.15) is 23.2 Å². The zero-order valence-corrected chi connectivity index (χ0v) is 20.1. The van der Waals surface area contributed by atoms with Crippen LogP contribution >= 0.6 is 0 Å². The number of amides is 1. The van der Waals surface area contributed by atoms with E-state index < -0.39 is 5.60 Å². The molecule has 5 rings (SSSR count). The van der Waals surface area contributed by atoms with Gasteiger partial charge in [0.2, 0.25) is 0 Å². The maximum Gasteiger partial charge on any atom is 0.265 e. The number of H-pyrrole nitrogens is 1. The summed E-state index contributed by atoms with van der Waals surface area (Å²) in [4.78, 5) is 32.8. The number of hydrogen-bond donors (Lipinski definition) is 2. The third-order valence-corrected chi connectivity index (χ3v) is 6.63. The predicted octanol–water partition coefficient (Wildman–Crippen LogP) is 2.47. The first-order valence-electron chi connectivity index (χ1n) is 11.6. The van der Waals surface area contributed by atoms with Gasteiger partial charge in [0.1, 0.15) is 22.7 Å². The summed E-state index contributed by atoms with van der Waals surface area (Å²) in [7, 11) is 3.07. The van der Waals surface area contributed by atoms with E-state index in [4.69, 9.17) is 9.47 Å². The quantitative estimate of drug-likeness (QED) is 0.427. The van der Waals surface area contributed by atoms with Gasteiger partial charge >= 0.3 is 0 Å². The summed E-state index contributed by atoms with van der Waals surface area (Å²) >= 11 is 0. The van der Waals surface area contributed by atoms with Crippen molar-refractivity contribution in [3.8, 4) is 22.9 Å². The van der Waals surface area contributed by atoms with Crippen molar-refractivity contribution in [1.29, 1.82) is 0 Å².